The van der Waals surface area contributed by atoms with Crippen LogP contribution in [0.25, 0.3) is 10.9 Å². The number of nitrogens with one attached hydrogen (secondary N) is 1. The molecule has 0 spiro atoms. The molecule has 0 bridgehead atoms. The Kier molecular flexibility index (Phi) is 4.13. The quantitative estimate of drug-likeness (QED) is 0.939. The monoisotopic (exact) mass is 287 g/mol. The van der Waals surface area contributed by atoms with Crippen molar-refractivity contribution >= 4 is 28.5 Å². The van der Waals surface area contributed by atoms with Crippen molar-refractivity contribution in [2.75, 3.05) is 30.0 Å². The van der Waals surface area contributed by atoms with Crippen LogP contribution in [0.15, 0.2) is 30.3 Å². The normalized spacial score (nSPS) is 19.5. The van der Waals surface area contributed by atoms with E-state index >= 15 is 0 Å². The first-order chi connectivity index (χ1) is 9.79. The maximum absolute atomic E-state index is 4.94. The SMILES string of the molecule is CNCc1cc2ccccc2nc1N1CCSCC1C. The van der Waals surface area contributed by atoms with Crippen LogP contribution in [-0.2, 0) is 6.54 Å². The van der Waals surface area contributed by atoms with Gasteiger partial charge in [0.2, 0.25) is 0 Å². The summed E-state index contributed by atoms with van der Waals surface area (Å²) in [7, 11) is 1.99. The van der Waals surface area contributed by atoms with Gasteiger partial charge in [-0.05, 0) is 26.1 Å². The second-order valence-electron chi connectivity index (χ2n) is 5.31. The molecule has 0 saturated carbocycles. The lowest BCUT2D eigenvalue weighted by atomic mass is 10.1. The van der Waals surface area contributed by atoms with Gasteiger partial charge in [0.15, 0.2) is 0 Å². The Balaban J connectivity index is 2.08. The van der Waals surface area contributed by atoms with E-state index in [0.29, 0.717) is 6.04 Å². The zero-order chi connectivity index (χ0) is 13.9. The molecule has 3 rings (SSSR count). The van der Waals surface area contributed by atoms with Gasteiger partial charge in [-0.1, -0.05) is 18.2 Å². The number of nitrogens with zero attached hydrogens (tertiary/aromatic N) is 2. The molecule has 20 heavy (non-hydrogen) atoms. The number of rotatable bonds is 3. The zero-order valence-corrected chi connectivity index (χ0v) is 12.9. The minimum atomic E-state index is 0.554. The molecule has 1 unspecified atom stereocenters. The van der Waals surface area contributed by atoms with Crippen molar-refractivity contribution in [3.8, 4) is 0 Å². The maximum atomic E-state index is 4.94. The van der Waals surface area contributed by atoms with Crippen molar-refractivity contribution < 1.29 is 0 Å². The molecular formula is C16H21N3S. The predicted molar refractivity (Wildman–Crippen MR) is 88.6 cm³/mol. The van der Waals surface area contributed by atoms with Gasteiger partial charge in [-0.15, -0.1) is 0 Å². The number of fused-ring (bicyclic) bond motifs is 1. The number of hydrogen-bond donors (Lipinski definition) is 1. The second kappa shape index (κ2) is 6.02. The molecule has 1 fully saturated rings. The standard InChI is InChI=1S/C16H21N3S/c1-12-11-20-8-7-19(12)16-14(10-17-2)9-13-5-3-4-6-15(13)18-16/h3-6,9,12,17H,7-8,10-11H2,1-2H3. The molecule has 0 radical (unpaired) electrons. The Morgan fingerprint density at radius 1 is 1.40 bits per heavy atom. The third kappa shape index (κ3) is 2.63. The number of thioether (sulfide) groups is 1. The summed E-state index contributed by atoms with van der Waals surface area (Å²) in [5, 5.41) is 4.49. The lowest BCUT2D eigenvalue weighted by molar-refractivity contribution is 0.681. The highest BCUT2D eigenvalue weighted by Gasteiger charge is 2.22. The van der Waals surface area contributed by atoms with Crippen molar-refractivity contribution in [3.63, 3.8) is 0 Å². The van der Waals surface area contributed by atoms with E-state index in [2.05, 4.69) is 47.5 Å². The molecule has 1 aromatic heterocycles. The Bertz CT molecular complexity index is 599. The fourth-order valence-corrected chi connectivity index (χ4v) is 3.77. The molecular weight excluding hydrogens is 266 g/mol. The lowest BCUT2D eigenvalue weighted by Gasteiger charge is -2.35. The molecule has 1 aromatic carbocycles. The summed E-state index contributed by atoms with van der Waals surface area (Å²) in [6.45, 7) is 4.25. The van der Waals surface area contributed by atoms with Gasteiger partial charge in [0.05, 0.1) is 5.52 Å². The smallest absolute Gasteiger partial charge is 0.134 e. The molecule has 106 valence electrons. The average molecular weight is 287 g/mol. The highest BCUT2D eigenvalue weighted by molar-refractivity contribution is 7.99. The number of aromatic nitrogens is 1. The Hall–Kier alpha value is -1.26. The van der Waals surface area contributed by atoms with Gasteiger partial charge >= 0.3 is 0 Å². The summed E-state index contributed by atoms with van der Waals surface area (Å²) in [5.41, 5.74) is 2.39. The highest BCUT2D eigenvalue weighted by Crippen LogP contribution is 2.28. The molecule has 1 aliphatic heterocycles. The van der Waals surface area contributed by atoms with Crippen molar-refractivity contribution in [2.45, 2.75) is 19.5 Å². The Morgan fingerprint density at radius 2 is 2.25 bits per heavy atom. The Morgan fingerprint density at radius 3 is 3.05 bits per heavy atom. The predicted octanol–water partition coefficient (Wildman–Crippen LogP) is 2.90. The first-order valence-electron chi connectivity index (χ1n) is 7.17. The van der Waals surface area contributed by atoms with E-state index in [0.717, 1.165) is 24.4 Å². The summed E-state index contributed by atoms with van der Waals surface area (Å²) in [5.74, 6) is 3.54. The molecule has 4 heteroatoms. The third-order valence-corrected chi connectivity index (χ3v) is 4.98. The number of hydrogen-bond acceptors (Lipinski definition) is 4. The molecule has 1 aliphatic rings. The number of para-hydroxylation sites is 1. The fourth-order valence-electron chi connectivity index (χ4n) is 2.76. The van der Waals surface area contributed by atoms with Crippen molar-refractivity contribution in [2.24, 2.45) is 0 Å². The summed E-state index contributed by atoms with van der Waals surface area (Å²) in [4.78, 5) is 7.41. The van der Waals surface area contributed by atoms with Gasteiger partial charge in [0, 0.05) is 41.6 Å². The van der Waals surface area contributed by atoms with Crippen LogP contribution in [0, 0.1) is 0 Å². The number of benzene rings is 1. The van der Waals surface area contributed by atoms with Crippen LogP contribution in [0.4, 0.5) is 5.82 Å². The molecule has 0 aliphatic carbocycles. The summed E-state index contributed by atoms with van der Waals surface area (Å²) < 4.78 is 0. The van der Waals surface area contributed by atoms with E-state index in [9.17, 15) is 0 Å². The van der Waals surface area contributed by atoms with Crippen molar-refractivity contribution in [1.82, 2.24) is 10.3 Å². The highest BCUT2D eigenvalue weighted by atomic mass is 32.2. The summed E-state index contributed by atoms with van der Waals surface area (Å²) >= 11 is 2.04. The minimum absolute atomic E-state index is 0.554. The topological polar surface area (TPSA) is 28.2 Å². The maximum Gasteiger partial charge on any atom is 0.134 e. The first-order valence-corrected chi connectivity index (χ1v) is 8.32. The van der Waals surface area contributed by atoms with Gasteiger partial charge < -0.3 is 10.2 Å². The molecule has 0 amide bonds. The number of pyridine rings is 1. The van der Waals surface area contributed by atoms with E-state index < -0.39 is 0 Å². The van der Waals surface area contributed by atoms with E-state index in [1.54, 1.807) is 0 Å². The van der Waals surface area contributed by atoms with Crippen molar-refractivity contribution in [3.05, 3.63) is 35.9 Å². The van der Waals surface area contributed by atoms with Gasteiger partial charge in [-0.2, -0.15) is 11.8 Å². The van der Waals surface area contributed by atoms with Gasteiger partial charge in [-0.25, -0.2) is 4.98 Å². The Labute approximate surface area is 124 Å². The molecule has 3 nitrogen and oxygen atoms in total. The summed E-state index contributed by atoms with van der Waals surface area (Å²) in [6.07, 6.45) is 0. The van der Waals surface area contributed by atoms with Crippen LogP contribution in [0.1, 0.15) is 12.5 Å². The minimum Gasteiger partial charge on any atom is -0.352 e. The van der Waals surface area contributed by atoms with E-state index in [4.69, 9.17) is 4.98 Å². The average Bonchev–Trinajstić information content (AvgIpc) is 2.48. The number of anilines is 1. The van der Waals surface area contributed by atoms with E-state index in [1.165, 1.54) is 22.5 Å². The van der Waals surface area contributed by atoms with Crippen LogP contribution in [0.2, 0.25) is 0 Å². The van der Waals surface area contributed by atoms with Crippen LogP contribution in [0.5, 0.6) is 0 Å². The molecule has 1 atom stereocenters. The molecule has 1 N–H and O–H groups in total. The molecule has 2 heterocycles. The van der Waals surface area contributed by atoms with Crippen LogP contribution in [0.3, 0.4) is 0 Å². The van der Waals surface area contributed by atoms with E-state index in [1.807, 2.05) is 18.8 Å². The molecule has 1 saturated heterocycles. The van der Waals surface area contributed by atoms with Crippen LogP contribution < -0.4 is 10.2 Å². The fraction of sp³-hybridized carbons (Fsp3) is 0.438. The van der Waals surface area contributed by atoms with Gasteiger partial charge in [-0.3, -0.25) is 0 Å². The first kappa shape index (κ1) is 13.7. The van der Waals surface area contributed by atoms with Crippen molar-refractivity contribution in [1.29, 1.82) is 0 Å². The van der Waals surface area contributed by atoms with Gasteiger partial charge in [0.25, 0.3) is 0 Å². The summed E-state index contributed by atoms with van der Waals surface area (Å²) in [6, 6.07) is 11.2. The largest absolute Gasteiger partial charge is 0.352 e. The zero-order valence-electron chi connectivity index (χ0n) is 12.1. The van der Waals surface area contributed by atoms with Crippen LogP contribution in [-0.4, -0.2) is 36.1 Å². The molecule has 2 aromatic rings. The van der Waals surface area contributed by atoms with Crippen LogP contribution >= 0.6 is 11.8 Å². The van der Waals surface area contributed by atoms with E-state index in [-0.39, 0.29) is 0 Å². The second-order valence-corrected chi connectivity index (χ2v) is 6.46. The lowest BCUT2D eigenvalue weighted by Crippen LogP contribution is -2.41. The third-order valence-electron chi connectivity index (χ3n) is 3.79. The van der Waals surface area contributed by atoms with Gasteiger partial charge in [0.1, 0.15) is 5.82 Å².